The summed E-state index contributed by atoms with van der Waals surface area (Å²) >= 11 is 0. The molecule has 0 aliphatic carbocycles. The van der Waals surface area contributed by atoms with Gasteiger partial charge in [-0.15, -0.1) is 0 Å². The molecule has 1 aromatic heterocycles. The van der Waals surface area contributed by atoms with E-state index in [-0.39, 0.29) is 11.3 Å². The molecule has 150 valence electrons. The summed E-state index contributed by atoms with van der Waals surface area (Å²) in [4.78, 5) is 27.7. The van der Waals surface area contributed by atoms with Crippen molar-refractivity contribution in [1.82, 2.24) is 4.98 Å². The first-order valence-electron chi connectivity index (χ1n) is 9.06. The first-order valence-corrected chi connectivity index (χ1v) is 9.06. The number of hydrogen-bond acceptors (Lipinski definition) is 6. The van der Waals surface area contributed by atoms with Crippen molar-refractivity contribution < 1.29 is 18.9 Å². The van der Waals surface area contributed by atoms with Crippen LogP contribution in [0.4, 0.5) is 11.4 Å². The lowest BCUT2D eigenvalue weighted by molar-refractivity contribution is -0.385. The second-order valence-electron chi connectivity index (χ2n) is 6.59. The predicted molar refractivity (Wildman–Crippen MR) is 112 cm³/mol. The number of nitrogens with one attached hydrogen (secondary N) is 1. The van der Waals surface area contributed by atoms with Crippen LogP contribution in [-0.4, -0.2) is 22.9 Å². The zero-order valence-electron chi connectivity index (χ0n) is 16.2. The van der Waals surface area contributed by atoms with Crippen LogP contribution in [0.1, 0.15) is 15.9 Å². The third kappa shape index (κ3) is 3.58. The van der Waals surface area contributed by atoms with Gasteiger partial charge in [0.2, 0.25) is 5.89 Å². The van der Waals surface area contributed by atoms with Crippen LogP contribution < -0.4 is 10.1 Å². The zero-order valence-corrected chi connectivity index (χ0v) is 16.2. The molecule has 4 rings (SSSR count). The molecule has 0 atom stereocenters. The van der Waals surface area contributed by atoms with Gasteiger partial charge in [-0.2, -0.15) is 0 Å². The monoisotopic (exact) mass is 403 g/mol. The second kappa shape index (κ2) is 7.67. The Morgan fingerprint density at radius 3 is 2.70 bits per heavy atom. The topological polar surface area (TPSA) is 108 Å². The highest BCUT2D eigenvalue weighted by atomic mass is 16.6. The Hall–Kier alpha value is -4.20. The van der Waals surface area contributed by atoms with Gasteiger partial charge in [-0.3, -0.25) is 14.9 Å². The molecule has 0 aliphatic heterocycles. The zero-order chi connectivity index (χ0) is 21.3. The van der Waals surface area contributed by atoms with Gasteiger partial charge in [0, 0.05) is 28.4 Å². The van der Waals surface area contributed by atoms with E-state index in [1.807, 2.05) is 24.3 Å². The number of benzene rings is 3. The summed E-state index contributed by atoms with van der Waals surface area (Å²) in [5.41, 5.74) is 2.85. The minimum atomic E-state index is -0.506. The molecule has 3 aromatic carbocycles. The fourth-order valence-electron chi connectivity index (χ4n) is 3.15. The largest absolute Gasteiger partial charge is 0.497 e. The Morgan fingerprint density at radius 1 is 1.13 bits per heavy atom. The SMILES string of the molecule is COc1cccc(-c2nc3cc(NC(=O)c4cccc([N+](=O)[O-])c4C)ccc3o2)c1. The van der Waals surface area contributed by atoms with Crippen molar-refractivity contribution in [3.05, 3.63) is 81.9 Å². The first kappa shape index (κ1) is 19.1. The van der Waals surface area contributed by atoms with E-state index < -0.39 is 10.8 Å². The van der Waals surface area contributed by atoms with Crippen LogP contribution in [0.3, 0.4) is 0 Å². The van der Waals surface area contributed by atoms with Gasteiger partial charge in [0.1, 0.15) is 11.3 Å². The van der Waals surface area contributed by atoms with Crippen molar-refractivity contribution in [3.8, 4) is 17.2 Å². The number of rotatable bonds is 5. The average molecular weight is 403 g/mol. The lowest BCUT2D eigenvalue weighted by Gasteiger charge is -2.07. The van der Waals surface area contributed by atoms with Crippen molar-refractivity contribution in [2.45, 2.75) is 6.92 Å². The molecular weight excluding hydrogens is 386 g/mol. The lowest BCUT2D eigenvalue weighted by atomic mass is 10.1. The molecule has 0 aliphatic rings. The van der Waals surface area contributed by atoms with Gasteiger partial charge in [0.25, 0.3) is 11.6 Å². The van der Waals surface area contributed by atoms with Gasteiger partial charge in [0.15, 0.2) is 5.58 Å². The minimum absolute atomic E-state index is 0.0995. The maximum atomic E-state index is 12.7. The fraction of sp³-hybridized carbons (Fsp3) is 0.0909. The molecule has 0 saturated carbocycles. The number of fused-ring (bicyclic) bond motifs is 1. The normalized spacial score (nSPS) is 10.7. The minimum Gasteiger partial charge on any atom is -0.497 e. The molecule has 0 bridgehead atoms. The number of nitro benzene ring substituents is 1. The van der Waals surface area contributed by atoms with Crippen molar-refractivity contribution in [2.24, 2.45) is 0 Å². The molecule has 4 aromatic rings. The Balaban J connectivity index is 1.62. The Bertz CT molecular complexity index is 1280. The van der Waals surface area contributed by atoms with Gasteiger partial charge in [-0.25, -0.2) is 4.98 Å². The lowest BCUT2D eigenvalue weighted by Crippen LogP contribution is -2.14. The molecule has 0 saturated heterocycles. The van der Waals surface area contributed by atoms with Gasteiger partial charge >= 0.3 is 0 Å². The molecule has 30 heavy (non-hydrogen) atoms. The number of anilines is 1. The van der Waals surface area contributed by atoms with Crippen LogP contribution in [0.2, 0.25) is 0 Å². The maximum Gasteiger partial charge on any atom is 0.273 e. The van der Waals surface area contributed by atoms with Crippen LogP contribution in [-0.2, 0) is 0 Å². The summed E-state index contributed by atoms with van der Waals surface area (Å²) in [6.45, 7) is 1.55. The third-order valence-corrected chi connectivity index (χ3v) is 4.71. The molecule has 0 unspecified atom stereocenters. The summed E-state index contributed by atoms with van der Waals surface area (Å²) < 4.78 is 11.0. The molecule has 0 spiro atoms. The molecule has 8 nitrogen and oxygen atoms in total. The van der Waals surface area contributed by atoms with Gasteiger partial charge in [-0.05, 0) is 49.4 Å². The summed E-state index contributed by atoms with van der Waals surface area (Å²) in [6.07, 6.45) is 0. The second-order valence-corrected chi connectivity index (χ2v) is 6.59. The molecule has 1 heterocycles. The van der Waals surface area contributed by atoms with Crippen molar-refractivity contribution in [2.75, 3.05) is 12.4 Å². The Morgan fingerprint density at radius 2 is 1.93 bits per heavy atom. The summed E-state index contributed by atoms with van der Waals surface area (Å²) in [5, 5.41) is 13.9. The number of carbonyl (C=O) groups is 1. The smallest absolute Gasteiger partial charge is 0.273 e. The number of ether oxygens (including phenoxy) is 1. The van der Waals surface area contributed by atoms with Crippen LogP contribution in [0.15, 0.2) is 65.1 Å². The summed E-state index contributed by atoms with van der Waals surface area (Å²) in [5.74, 6) is 0.684. The van der Waals surface area contributed by atoms with E-state index in [1.54, 1.807) is 38.3 Å². The first-order chi connectivity index (χ1) is 14.5. The molecule has 1 N–H and O–H groups in total. The maximum absolute atomic E-state index is 12.7. The van der Waals surface area contributed by atoms with Gasteiger partial charge in [0.05, 0.1) is 12.0 Å². The molecule has 1 amide bonds. The van der Waals surface area contributed by atoms with E-state index in [2.05, 4.69) is 10.3 Å². The summed E-state index contributed by atoms with van der Waals surface area (Å²) in [7, 11) is 1.59. The number of methoxy groups -OCH3 is 1. The van der Waals surface area contributed by atoms with Gasteiger partial charge in [-0.1, -0.05) is 12.1 Å². The number of carbonyl (C=O) groups excluding carboxylic acids is 1. The van der Waals surface area contributed by atoms with Gasteiger partial charge < -0.3 is 14.5 Å². The summed E-state index contributed by atoms with van der Waals surface area (Å²) in [6, 6.07) is 16.8. The number of hydrogen-bond donors (Lipinski definition) is 1. The van der Waals surface area contributed by atoms with E-state index in [0.29, 0.717) is 34.0 Å². The molecular formula is C22H17N3O5. The number of aromatic nitrogens is 1. The standard InChI is InChI=1S/C22H17N3O5/c1-13-17(7-4-8-19(13)25(27)28)21(26)23-15-9-10-20-18(12-15)24-22(30-20)14-5-3-6-16(11-14)29-2/h3-12H,1-2H3,(H,23,26). The molecule has 0 radical (unpaired) electrons. The highest BCUT2D eigenvalue weighted by Gasteiger charge is 2.18. The number of oxazole rings is 1. The van der Waals surface area contributed by atoms with Crippen LogP contribution in [0.5, 0.6) is 5.75 Å². The van der Waals surface area contributed by atoms with Crippen LogP contribution >= 0.6 is 0 Å². The fourth-order valence-corrected chi connectivity index (χ4v) is 3.15. The van der Waals surface area contributed by atoms with E-state index in [4.69, 9.17) is 9.15 Å². The molecule has 0 fully saturated rings. The van der Waals surface area contributed by atoms with E-state index >= 15 is 0 Å². The van der Waals surface area contributed by atoms with Crippen molar-refractivity contribution in [1.29, 1.82) is 0 Å². The number of amides is 1. The van der Waals surface area contributed by atoms with Crippen molar-refractivity contribution in [3.63, 3.8) is 0 Å². The average Bonchev–Trinajstić information content (AvgIpc) is 3.17. The highest BCUT2D eigenvalue weighted by molar-refractivity contribution is 6.06. The van der Waals surface area contributed by atoms with E-state index in [1.165, 1.54) is 12.1 Å². The highest BCUT2D eigenvalue weighted by Crippen LogP contribution is 2.29. The number of nitro groups is 1. The van der Waals surface area contributed by atoms with Crippen molar-refractivity contribution >= 4 is 28.4 Å². The van der Waals surface area contributed by atoms with E-state index in [0.717, 1.165) is 5.56 Å². The predicted octanol–water partition coefficient (Wildman–Crippen LogP) is 4.97. The number of nitrogens with zero attached hydrogens (tertiary/aromatic N) is 2. The molecule has 8 heteroatoms. The third-order valence-electron chi connectivity index (χ3n) is 4.71. The van der Waals surface area contributed by atoms with E-state index in [9.17, 15) is 14.9 Å². The Kier molecular flexibility index (Phi) is 4.89. The van der Waals surface area contributed by atoms with Crippen LogP contribution in [0.25, 0.3) is 22.6 Å². The Labute approximate surface area is 171 Å². The van der Waals surface area contributed by atoms with Crippen LogP contribution in [0, 0.1) is 17.0 Å². The quantitative estimate of drug-likeness (QED) is 0.372.